The first-order valence-electron chi connectivity index (χ1n) is 9.03. The summed E-state index contributed by atoms with van der Waals surface area (Å²) in [6.45, 7) is 5.34. The largest absolute Gasteiger partial charge is 0.480 e. The number of likely N-dealkylation sites (tertiary alicyclic amines) is 1. The molecule has 27 heavy (non-hydrogen) atoms. The van der Waals surface area contributed by atoms with E-state index in [0.717, 1.165) is 25.7 Å². The number of hydrogen-bond donors (Lipinski definition) is 1. The van der Waals surface area contributed by atoms with Crippen LogP contribution in [0.15, 0.2) is 9.98 Å². The van der Waals surface area contributed by atoms with Crippen LogP contribution in [0.2, 0.25) is 0 Å². The van der Waals surface area contributed by atoms with E-state index >= 15 is 0 Å². The van der Waals surface area contributed by atoms with Crippen LogP contribution in [0.25, 0.3) is 0 Å². The molecule has 1 aromatic rings. The van der Waals surface area contributed by atoms with Crippen molar-refractivity contribution in [3.05, 3.63) is 15.0 Å². The Morgan fingerprint density at radius 2 is 2.04 bits per heavy atom. The minimum absolute atomic E-state index is 0.245. The summed E-state index contributed by atoms with van der Waals surface area (Å²) >= 11 is 4.78. The number of aromatic nitrogens is 1. The summed E-state index contributed by atoms with van der Waals surface area (Å²) in [4.78, 5) is 30.5. The first kappa shape index (κ1) is 20.5. The Bertz CT molecular complexity index is 726. The van der Waals surface area contributed by atoms with Crippen LogP contribution in [0.5, 0.6) is 0 Å². The minimum Gasteiger partial charge on any atom is -0.480 e. The number of rotatable bonds is 4. The number of thiazole rings is 1. The first-order valence-corrected chi connectivity index (χ1v) is 10.7. The number of carbonyl (C=O) groups excluding carboxylic acids is 1. The number of halogens is 1. The molecule has 2 aliphatic rings. The molecule has 3 rings (SSSR count). The van der Waals surface area contributed by atoms with E-state index in [1.54, 1.807) is 4.90 Å². The molecule has 1 atom stereocenters. The molecule has 1 saturated heterocycles. The maximum Gasteiger partial charge on any atom is 0.410 e. The van der Waals surface area contributed by atoms with Gasteiger partial charge in [0.2, 0.25) is 0 Å². The van der Waals surface area contributed by atoms with Gasteiger partial charge in [0, 0.05) is 17.3 Å². The Kier molecular flexibility index (Phi) is 5.58. The molecule has 1 aliphatic carbocycles. The fourth-order valence-corrected chi connectivity index (χ4v) is 5.52. The van der Waals surface area contributed by atoms with E-state index in [2.05, 4.69) is 20.9 Å². The maximum absolute atomic E-state index is 13.0. The standard InChI is InChI=1S/C18H25BrN2O5S/c1-16(2,3)26-15(24)21-11-18(25-8-13(22)23,14-20-12(19)9-27-14)10-17(21)6-4-5-7-17/h9H,4-8,10-11H2,1-3H3,(H,22,23). The summed E-state index contributed by atoms with van der Waals surface area (Å²) < 4.78 is 12.3. The Morgan fingerprint density at radius 3 is 2.56 bits per heavy atom. The van der Waals surface area contributed by atoms with Gasteiger partial charge in [-0.2, -0.15) is 0 Å². The molecule has 1 aliphatic heterocycles. The molecule has 7 nitrogen and oxygen atoms in total. The number of carboxylic acid groups (broad SMARTS) is 1. The van der Waals surface area contributed by atoms with Crippen molar-refractivity contribution < 1.29 is 24.2 Å². The molecule has 0 radical (unpaired) electrons. The van der Waals surface area contributed by atoms with E-state index < -0.39 is 23.8 Å². The lowest BCUT2D eigenvalue weighted by Crippen LogP contribution is -2.47. The van der Waals surface area contributed by atoms with Crippen molar-refractivity contribution in [3.63, 3.8) is 0 Å². The van der Waals surface area contributed by atoms with Crippen molar-refractivity contribution in [3.8, 4) is 0 Å². The molecule has 0 bridgehead atoms. The molecule has 1 N–H and O–H groups in total. The molecule has 150 valence electrons. The normalized spacial score (nSPS) is 24.5. The predicted octanol–water partition coefficient (Wildman–Crippen LogP) is 4.16. The van der Waals surface area contributed by atoms with Crippen molar-refractivity contribution in [2.45, 2.75) is 69.6 Å². The number of nitrogens with zero attached hydrogens (tertiary/aromatic N) is 2. The number of aliphatic carboxylic acids is 1. The third-order valence-electron chi connectivity index (χ3n) is 5.09. The van der Waals surface area contributed by atoms with Gasteiger partial charge >= 0.3 is 12.1 Å². The van der Waals surface area contributed by atoms with Gasteiger partial charge in [-0.3, -0.25) is 4.90 Å². The fraction of sp³-hybridized carbons (Fsp3) is 0.722. The third kappa shape index (κ3) is 4.30. The zero-order valence-corrected chi connectivity index (χ0v) is 18.2. The summed E-state index contributed by atoms with van der Waals surface area (Å²) in [5.41, 5.74) is -1.91. The lowest BCUT2D eigenvalue weighted by Gasteiger charge is -2.35. The SMILES string of the molecule is CC(C)(C)OC(=O)N1CC(OCC(=O)O)(c2nc(Br)cs2)CC12CCCC2. The van der Waals surface area contributed by atoms with Crippen LogP contribution in [0.1, 0.15) is 57.9 Å². The summed E-state index contributed by atoms with van der Waals surface area (Å²) in [5.74, 6) is -1.04. The van der Waals surface area contributed by atoms with Gasteiger partial charge in [-0.05, 0) is 49.5 Å². The molecule has 1 spiro atoms. The van der Waals surface area contributed by atoms with E-state index in [9.17, 15) is 9.59 Å². The van der Waals surface area contributed by atoms with Gasteiger partial charge in [0.1, 0.15) is 27.4 Å². The molecule has 0 aromatic carbocycles. The van der Waals surface area contributed by atoms with Crippen molar-refractivity contribution in [2.24, 2.45) is 0 Å². The second-order valence-electron chi connectivity index (χ2n) is 8.33. The monoisotopic (exact) mass is 460 g/mol. The number of hydrogen-bond acceptors (Lipinski definition) is 6. The number of amides is 1. The molecular weight excluding hydrogens is 436 g/mol. The van der Waals surface area contributed by atoms with Crippen LogP contribution < -0.4 is 0 Å². The summed E-state index contributed by atoms with van der Waals surface area (Å²) in [5, 5.41) is 11.7. The van der Waals surface area contributed by atoms with Gasteiger partial charge in [-0.15, -0.1) is 11.3 Å². The zero-order chi connectivity index (χ0) is 19.9. The van der Waals surface area contributed by atoms with Gasteiger partial charge in [0.25, 0.3) is 0 Å². The second kappa shape index (κ2) is 7.33. The van der Waals surface area contributed by atoms with Crippen molar-refractivity contribution >= 4 is 39.3 Å². The van der Waals surface area contributed by atoms with Crippen molar-refractivity contribution in [1.29, 1.82) is 0 Å². The summed E-state index contributed by atoms with van der Waals surface area (Å²) in [6, 6.07) is 0. The van der Waals surface area contributed by atoms with Gasteiger partial charge in [0.15, 0.2) is 0 Å². The van der Waals surface area contributed by atoms with Crippen LogP contribution in [0.3, 0.4) is 0 Å². The lowest BCUT2D eigenvalue weighted by atomic mass is 9.88. The van der Waals surface area contributed by atoms with Crippen molar-refractivity contribution in [1.82, 2.24) is 9.88 Å². The van der Waals surface area contributed by atoms with E-state index in [4.69, 9.17) is 14.6 Å². The zero-order valence-electron chi connectivity index (χ0n) is 15.8. The number of ether oxygens (including phenoxy) is 2. The summed E-state index contributed by atoms with van der Waals surface area (Å²) in [7, 11) is 0. The van der Waals surface area contributed by atoms with Crippen LogP contribution in [0, 0.1) is 0 Å². The van der Waals surface area contributed by atoms with Gasteiger partial charge in [0.05, 0.1) is 6.54 Å². The highest BCUT2D eigenvalue weighted by Gasteiger charge is 2.59. The predicted molar refractivity (Wildman–Crippen MR) is 104 cm³/mol. The van der Waals surface area contributed by atoms with Crippen LogP contribution in [-0.4, -0.2) is 51.3 Å². The highest BCUT2D eigenvalue weighted by atomic mass is 79.9. The Labute approximate surface area is 171 Å². The lowest BCUT2D eigenvalue weighted by molar-refractivity contribution is -0.150. The van der Waals surface area contributed by atoms with E-state index in [1.165, 1.54) is 11.3 Å². The van der Waals surface area contributed by atoms with Gasteiger partial charge in [-0.25, -0.2) is 14.6 Å². The van der Waals surface area contributed by atoms with Crippen molar-refractivity contribution in [2.75, 3.05) is 13.2 Å². The molecule has 1 unspecified atom stereocenters. The summed E-state index contributed by atoms with van der Waals surface area (Å²) in [6.07, 6.45) is 3.92. The minimum atomic E-state index is -1.04. The second-order valence-corrected chi connectivity index (χ2v) is 10.00. The number of carboxylic acids is 1. The average Bonchev–Trinajstić information content (AvgIpc) is 3.25. The molecule has 2 heterocycles. The molecule has 1 aromatic heterocycles. The third-order valence-corrected chi connectivity index (χ3v) is 6.82. The molecular formula is C18H25BrN2O5S. The average molecular weight is 461 g/mol. The molecule has 1 amide bonds. The maximum atomic E-state index is 13.0. The van der Waals surface area contributed by atoms with Crippen LogP contribution >= 0.6 is 27.3 Å². The number of carbonyl (C=O) groups is 2. The Hall–Kier alpha value is -1.19. The molecule has 2 fully saturated rings. The quantitative estimate of drug-likeness (QED) is 0.725. The fourth-order valence-electron chi connectivity index (χ4n) is 4.13. The highest BCUT2D eigenvalue weighted by molar-refractivity contribution is 9.10. The topological polar surface area (TPSA) is 89.0 Å². The molecule has 9 heteroatoms. The van der Waals surface area contributed by atoms with Crippen LogP contribution in [-0.2, 0) is 19.9 Å². The Morgan fingerprint density at radius 1 is 1.37 bits per heavy atom. The smallest absolute Gasteiger partial charge is 0.410 e. The molecule has 1 saturated carbocycles. The van der Waals surface area contributed by atoms with Gasteiger partial charge in [-0.1, -0.05) is 12.8 Å². The Balaban J connectivity index is 1.97. The first-order chi connectivity index (χ1) is 12.6. The van der Waals surface area contributed by atoms with E-state index in [-0.39, 0.29) is 18.2 Å². The van der Waals surface area contributed by atoms with E-state index in [0.29, 0.717) is 16.0 Å². The van der Waals surface area contributed by atoms with Crippen LogP contribution in [0.4, 0.5) is 4.79 Å². The van der Waals surface area contributed by atoms with Gasteiger partial charge < -0.3 is 14.6 Å². The highest BCUT2D eigenvalue weighted by Crippen LogP contribution is 2.53. The van der Waals surface area contributed by atoms with E-state index in [1.807, 2.05) is 26.2 Å².